The van der Waals surface area contributed by atoms with Crippen LogP contribution >= 0.6 is 0 Å². The standard InChI is InChI=1S/C23H20F2N4O4/c1-13(2)28-22(31)20-21(29(23(28)32)18-8-7-15(24)10-17(18)25)26-12-27(20)11-19(30)14-5-4-6-16(9-14)33-3/h4-10,12-13H,11H2,1-3H3. The minimum atomic E-state index is -0.991. The minimum absolute atomic E-state index is 0.0525. The van der Waals surface area contributed by atoms with Gasteiger partial charge < -0.3 is 9.30 Å². The van der Waals surface area contributed by atoms with E-state index in [1.54, 1.807) is 38.1 Å². The van der Waals surface area contributed by atoms with E-state index < -0.39 is 28.9 Å². The first-order valence-electron chi connectivity index (χ1n) is 10.1. The van der Waals surface area contributed by atoms with Crippen LogP contribution in [0, 0.1) is 11.6 Å². The number of nitrogens with zero attached hydrogens (tertiary/aromatic N) is 4. The number of aromatic nitrogens is 4. The highest BCUT2D eigenvalue weighted by Gasteiger charge is 2.23. The van der Waals surface area contributed by atoms with Crippen molar-refractivity contribution in [1.29, 1.82) is 0 Å². The van der Waals surface area contributed by atoms with Gasteiger partial charge in [0.05, 0.1) is 25.7 Å². The number of carbonyl (C=O) groups excluding carboxylic acids is 1. The molecule has 4 rings (SSSR count). The molecule has 4 aromatic rings. The van der Waals surface area contributed by atoms with Crippen molar-refractivity contribution in [3.8, 4) is 11.4 Å². The van der Waals surface area contributed by atoms with E-state index in [1.165, 1.54) is 18.0 Å². The zero-order valence-electron chi connectivity index (χ0n) is 18.1. The van der Waals surface area contributed by atoms with Crippen molar-refractivity contribution in [1.82, 2.24) is 18.7 Å². The maximum atomic E-state index is 14.6. The second-order valence-corrected chi connectivity index (χ2v) is 7.68. The molecule has 10 heteroatoms. The Balaban J connectivity index is 1.94. The van der Waals surface area contributed by atoms with Crippen molar-refractivity contribution >= 4 is 16.9 Å². The molecule has 0 aliphatic carbocycles. The summed E-state index contributed by atoms with van der Waals surface area (Å²) in [7, 11) is 1.48. The normalized spacial score (nSPS) is 11.3. The lowest BCUT2D eigenvalue weighted by Crippen LogP contribution is -2.41. The highest BCUT2D eigenvalue weighted by atomic mass is 19.1. The van der Waals surface area contributed by atoms with Crippen molar-refractivity contribution in [2.24, 2.45) is 0 Å². The summed E-state index contributed by atoms with van der Waals surface area (Å²) in [6.07, 6.45) is 1.24. The van der Waals surface area contributed by atoms with Gasteiger partial charge in [-0.15, -0.1) is 0 Å². The van der Waals surface area contributed by atoms with Crippen LogP contribution in [0.3, 0.4) is 0 Å². The molecule has 0 fully saturated rings. The Morgan fingerprint density at radius 3 is 2.55 bits per heavy atom. The van der Waals surface area contributed by atoms with Crippen molar-refractivity contribution < 1.29 is 18.3 Å². The van der Waals surface area contributed by atoms with E-state index >= 15 is 0 Å². The molecule has 8 nitrogen and oxygen atoms in total. The Morgan fingerprint density at radius 2 is 1.88 bits per heavy atom. The average Bonchev–Trinajstić information content (AvgIpc) is 3.18. The smallest absolute Gasteiger partial charge is 0.337 e. The molecule has 0 N–H and O–H groups in total. The van der Waals surface area contributed by atoms with E-state index in [2.05, 4.69) is 4.98 Å². The van der Waals surface area contributed by atoms with Gasteiger partial charge in [0.1, 0.15) is 17.4 Å². The molecule has 2 aromatic carbocycles. The zero-order valence-corrected chi connectivity index (χ0v) is 18.1. The van der Waals surface area contributed by atoms with Crippen molar-refractivity contribution in [3.05, 3.63) is 86.8 Å². The average molecular weight is 454 g/mol. The number of hydrogen-bond acceptors (Lipinski definition) is 5. The van der Waals surface area contributed by atoms with Crippen LogP contribution in [-0.2, 0) is 6.54 Å². The lowest BCUT2D eigenvalue weighted by Gasteiger charge is -2.15. The van der Waals surface area contributed by atoms with Gasteiger partial charge in [0.2, 0.25) is 0 Å². The summed E-state index contributed by atoms with van der Waals surface area (Å²) in [4.78, 5) is 43.4. The molecule has 0 atom stereocenters. The molecule has 0 aliphatic rings. The van der Waals surface area contributed by atoms with Crippen molar-refractivity contribution in [3.63, 3.8) is 0 Å². The van der Waals surface area contributed by atoms with Crippen LogP contribution in [0.4, 0.5) is 8.78 Å². The summed E-state index contributed by atoms with van der Waals surface area (Å²) in [6.45, 7) is 3.01. The molecule has 0 amide bonds. The summed E-state index contributed by atoms with van der Waals surface area (Å²) in [5.74, 6) is -1.63. The topological polar surface area (TPSA) is 88.1 Å². The molecule has 0 bridgehead atoms. The Hall–Kier alpha value is -4.08. The maximum Gasteiger partial charge on any atom is 0.337 e. The zero-order chi connectivity index (χ0) is 23.9. The third-order valence-corrected chi connectivity index (χ3v) is 5.22. The predicted molar refractivity (Wildman–Crippen MR) is 117 cm³/mol. The molecule has 0 spiro atoms. The summed E-state index contributed by atoms with van der Waals surface area (Å²) in [5.41, 5.74) is -1.57. The highest BCUT2D eigenvalue weighted by Crippen LogP contribution is 2.19. The summed E-state index contributed by atoms with van der Waals surface area (Å²) in [6, 6.07) is 8.71. The first-order valence-corrected chi connectivity index (χ1v) is 10.1. The highest BCUT2D eigenvalue weighted by molar-refractivity contribution is 5.96. The molecule has 170 valence electrons. The molecule has 0 radical (unpaired) electrons. The molecule has 0 aliphatic heterocycles. The van der Waals surface area contributed by atoms with Gasteiger partial charge in [-0.05, 0) is 38.1 Å². The van der Waals surface area contributed by atoms with Crippen LogP contribution in [0.15, 0.2) is 58.4 Å². The molecular formula is C23H20F2N4O4. The van der Waals surface area contributed by atoms with E-state index in [0.717, 1.165) is 21.3 Å². The lowest BCUT2D eigenvalue weighted by molar-refractivity contribution is 0.0973. The number of hydrogen-bond donors (Lipinski definition) is 0. The molecule has 33 heavy (non-hydrogen) atoms. The molecule has 2 aromatic heterocycles. The predicted octanol–water partition coefficient (Wildman–Crippen LogP) is 3.10. The third-order valence-electron chi connectivity index (χ3n) is 5.22. The second kappa shape index (κ2) is 8.45. The number of rotatable bonds is 6. The van der Waals surface area contributed by atoms with Gasteiger partial charge >= 0.3 is 5.69 Å². The SMILES string of the molecule is COc1cccc(C(=O)Cn2cnc3c2c(=O)n(C(C)C)c(=O)n3-c2ccc(F)cc2F)c1. The van der Waals surface area contributed by atoms with Crippen LogP contribution in [0.25, 0.3) is 16.9 Å². The second-order valence-electron chi connectivity index (χ2n) is 7.68. The van der Waals surface area contributed by atoms with Crippen LogP contribution in [0.5, 0.6) is 5.75 Å². The third kappa shape index (κ3) is 3.84. The van der Waals surface area contributed by atoms with Crippen LogP contribution in [-0.4, -0.2) is 31.6 Å². The van der Waals surface area contributed by atoms with Crippen molar-refractivity contribution in [2.45, 2.75) is 26.4 Å². The number of carbonyl (C=O) groups is 1. The Morgan fingerprint density at radius 1 is 1.12 bits per heavy atom. The van der Waals surface area contributed by atoms with E-state index in [9.17, 15) is 23.2 Å². The maximum absolute atomic E-state index is 14.6. The fourth-order valence-electron chi connectivity index (χ4n) is 3.65. The number of benzene rings is 2. The molecule has 0 saturated heterocycles. The van der Waals surface area contributed by atoms with E-state index in [4.69, 9.17) is 4.74 Å². The van der Waals surface area contributed by atoms with Gasteiger partial charge in [0.25, 0.3) is 5.56 Å². The summed E-state index contributed by atoms with van der Waals surface area (Å²) in [5, 5.41) is 0. The van der Waals surface area contributed by atoms with E-state index in [0.29, 0.717) is 17.4 Å². The Labute approximate surface area is 186 Å². The largest absolute Gasteiger partial charge is 0.497 e. The first kappa shape index (κ1) is 22.1. The molecule has 0 unspecified atom stereocenters. The first-order chi connectivity index (χ1) is 15.7. The van der Waals surface area contributed by atoms with Gasteiger partial charge in [0, 0.05) is 17.7 Å². The number of ketones is 1. The molecule has 0 saturated carbocycles. The summed E-state index contributed by atoms with van der Waals surface area (Å²) < 4.78 is 36.4. The Kier molecular flexibility index (Phi) is 5.67. The van der Waals surface area contributed by atoms with E-state index in [1.807, 2.05) is 0 Å². The minimum Gasteiger partial charge on any atom is -0.497 e. The quantitative estimate of drug-likeness (QED) is 0.418. The Bertz CT molecular complexity index is 1500. The lowest BCUT2D eigenvalue weighted by atomic mass is 10.1. The monoisotopic (exact) mass is 454 g/mol. The fourth-order valence-corrected chi connectivity index (χ4v) is 3.65. The van der Waals surface area contributed by atoms with E-state index in [-0.39, 0.29) is 29.2 Å². The van der Waals surface area contributed by atoms with Gasteiger partial charge in [-0.1, -0.05) is 12.1 Å². The number of imidazole rings is 1. The van der Waals surface area contributed by atoms with Gasteiger partial charge in [-0.25, -0.2) is 23.1 Å². The molecule has 2 heterocycles. The number of methoxy groups -OCH3 is 1. The summed E-state index contributed by atoms with van der Waals surface area (Å²) >= 11 is 0. The fraction of sp³-hybridized carbons (Fsp3) is 0.217. The van der Waals surface area contributed by atoms with Gasteiger partial charge in [-0.2, -0.15) is 0 Å². The number of ether oxygens (including phenoxy) is 1. The van der Waals surface area contributed by atoms with Crippen LogP contribution < -0.4 is 16.0 Å². The van der Waals surface area contributed by atoms with Gasteiger partial charge in [-0.3, -0.25) is 14.2 Å². The number of Topliss-reactive ketones (excluding diaryl/α,β-unsaturated/α-hetero) is 1. The number of halogens is 2. The molecular weight excluding hydrogens is 434 g/mol. The van der Waals surface area contributed by atoms with Crippen molar-refractivity contribution in [2.75, 3.05) is 7.11 Å². The van der Waals surface area contributed by atoms with Crippen LogP contribution in [0.1, 0.15) is 30.2 Å². The van der Waals surface area contributed by atoms with Crippen LogP contribution in [0.2, 0.25) is 0 Å². The number of fused-ring (bicyclic) bond motifs is 1. The van der Waals surface area contributed by atoms with Gasteiger partial charge in [0.15, 0.2) is 16.9 Å².